The summed E-state index contributed by atoms with van der Waals surface area (Å²) in [6.45, 7) is 2.08. The van der Waals surface area contributed by atoms with Gasteiger partial charge >= 0.3 is 0 Å². The van der Waals surface area contributed by atoms with Crippen LogP contribution in [-0.4, -0.2) is 16.0 Å². The van der Waals surface area contributed by atoms with E-state index in [2.05, 4.69) is 15.3 Å². The van der Waals surface area contributed by atoms with E-state index >= 15 is 0 Å². The van der Waals surface area contributed by atoms with Gasteiger partial charge in [-0.2, -0.15) is 4.98 Å². The number of amidine groups is 1. The maximum atomic E-state index is 6.09. The van der Waals surface area contributed by atoms with Gasteiger partial charge in [0.2, 0.25) is 5.82 Å². The van der Waals surface area contributed by atoms with E-state index in [1.165, 1.54) is 0 Å². The number of hydrogen-bond acceptors (Lipinski definition) is 5. The van der Waals surface area contributed by atoms with Crippen molar-refractivity contribution < 1.29 is 9.36 Å². The van der Waals surface area contributed by atoms with Crippen LogP contribution in [-0.2, 0) is 17.9 Å². The minimum absolute atomic E-state index is 0.0680. The molecule has 0 saturated carbocycles. The standard InChI is InChI=1S/C18H17ClN4O2/c1-12-6-8-13(9-7-12)18-21-17(23-25-18)11-24-22-16(20)10-14-4-2-3-5-15(14)19/h2-9H,10-11H2,1H3,(H2,20,22). The van der Waals surface area contributed by atoms with Crippen LogP contribution in [0, 0.1) is 6.92 Å². The second-order valence-electron chi connectivity index (χ2n) is 5.51. The predicted octanol–water partition coefficient (Wildman–Crippen LogP) is 3.73. The molecule has 1 aromatic heterocycles. The van der Waals surface area contributed by atoms with Crippen molar-refractivity contribution in [3.8, 4) is 11.5 Å². The zero-order valence-corrected chi connectivity index (χ0v) is 14.4. The summed E-state index contributed by atoms with van der Waals surface area (Å²) in [7, 11) is 0. The van der Waals surface area contributed by atoms with Crippen molar-refractivity contribution in [1.82, 2.24) is 10.1 Å². The molecule has 7 heteroatoms. The Hall–Kier alpha value is -2.86. The summed E-state index contributed by atoms with van der Waals surface area (Å²) >= 11 is 6.09. The SMILES string of the molecule is Cc1ccc(-c2nc(CON=C(N)Cc3ccccc3Cl)no2)cc1. The first-order chi connectivity index (χ1) is 12.1. The molecular formula is C18H17ClN4O2. The molecule has 0 aliphatic heterocycles. The molecule has 1 heterocycles. The predicted molar refractivity (Wildman–Crippen MR) is 96.0 cm³/mol. The highest BCUT2D eigenvalue weighted by atomic mass is 35.5. The summed E-state index contributed by atoms with van der Waals surface area (Å²) in [5.74, 6) is 1.15. The minimum atomic E-state index is 0.0680. The molecule has 3 aromatic rings. The molecule has 128 valence electrons. The Bertz CT molecular complexity index is 875. The molecule has 0 amide bonds. The first-order valence-electron chi connectivity index (χ1n) is 7.69. The van der Waals surface area contributed by atoms with E-state index in [4.69, 9.17) is 26.7 Å². The molecule has 0 aliphatic rings. The lowest BCUT2D eigenvalue weighted by molar-refractivity contribution is 0.122. The Kier molecular flexibility index (Phi) is 5.30. The first-order valence-corrected chi connectivity index (χ1v) is 8.07. The van der Waals surface area contributed by atoms with Gasteiger partial charge in [0.1, 0.15) is 5.84 Å². The number of halogens is 1. The van der Waals surface area contributed by atoms with E-state index in [-0.39, 0.29) is 6.61 Å². The molecule has 3 rings (SSSR count). The average molecular weight is 357 g/mol. The van der Waals surface area contributed by atoms with Crippen LogP contribution in [0.1, 0.15) is 17.0 Å². The second kappa shape index (κ2) is 7.81. The number of benzene rings is 2. The Labute approximate surface area is 150 Å². The summed E-state index contributed by atoms with van der Waals surface area (Å²) in [5, 5.41) is 8.37. The third kappa shape index (κ3) is 4.58. The van der Waals surface area contributed by atoms with Crippen LogP contribution in [0.5, 0.6) is 0 Å². The van der Waals surface area contributed by atoms with Gasteiger partial charge in [-0.1, -0.05) is 57.8 Å². The van der Waals surface area contributed by atoms with Crippen LogP contribution >= 0.6 is 11.6 Å². The third-order valence-corrected chi connectivity index (χ3v) is 3.84. The number of nitrogens with zero attached hydrogens (tertiary/aromatic N) is 3. The van der Waals surface area contributed by atoms with Crippen molar-refractivity contribution in [3.63, 3.8) is 0 Å². The molecule has 0 unspecified atom stereocenters. The Morgan fingerprint density at radius 1 is 1.20 bits per heavy atom. The van der Waals surface area contributed by atoms with Crippen molar-refractivity contribution in [2.75, 3.05) is 0 Å². The number of nitrogens with two attached hydrogens (primary N) is 1. The number of rotatable bonds is 6. The maximum absolute atomic E-state index is 6.09. The van der Waals surface area contributed by atoms with Crippen molar-refractivity contribution in [2.24, 2.45) is 10.9 Å². The molecule has 0 bridgehead atoms. The number of aryl methyl sites for hydroxylation is 1. The quantitative estimate of drug-likeness (QED) is 0.413. The van der Waals surface area contributed by atoms with Gasteiger partial charge in [0, 0.05) is 17.0 Å². The van der Waals surface area contributed by atoms with Gasteiger partial charge < -0.3 is 15.1 Å². The largest absolute Gasteiger partial charge is 0.386 e. The van der Waals surface area contributed by atoms with Crippen molar-refractivity contribution in [3.05, 3.63) is 70.5 Å². The summed E-state index contributed by atoms with van der Waals surface area (Å²) in [6, 6.07) is 15.2. The molecule has 0 atom stereocenters. The summed E-state index contributed by atoms with van der Waals surface area (Å²) < 4.78 is 5.22. The van der Waals surface area contributed by atoms with Gasteiger partial charge in [0.25, 0.3) is 5.89 Å². The van der Waals surface area contributed by atoms with Crippen molar-refractivity contribution >= 4 is 17.4 Å². The van der Waals surface area contributed by atoms with Crippen LogP contribution in [0.25, 0.3) is 11.5 Å². The van der Waals surface area contributed by atoms with Crippen molar-refractivity contribution in [1.29, 1.82) is 0 Å². The smallest absolute Gasteiger partial charge is 0.258 e. The highest BCUT2D eigenvalue weighted by Gasteiger charge is 2.09. The average Bonchev–Trinajstić information content (AvgIpc) is 3.06. The Morgan fingerprint density at radius 2 is 1.96 bits per heavy atom. The van der Waals surface area contributed by atoms with Crippen molar-refractivity contribution in [2.45, 2.75) is 20.0 Å². The monoisotopic (exact) mass is 356 g/mol. The fourth-order valence-electron chi connectivity index (χ4n) is 2.17. The lowest BCUT2D eigenvalue weighted by atomic mass is 10.1. The normalized spacial score (nSPS) is 11.5. The molecule has 0 radical (unpaired) electrons. The molecular weight excluding hydrogens is 340 g/mol. The van der Waals surface area contributed by atoms with Gasteiger partial charge in [-0.25, -0.2) is 0 Å². The number of oxime groups is 1. The van der Waals surface area contributed by atoms with Crippen LogP contribution in [0.15, 0.2) is 58.2 Å². The fraction of sp³-hybridized carbons (Fsp3) is 0.167. The molecule has 2 aromatic carbocycles. The molecule has 0 spiro atoms. The zero-order chi connectivity index (χ0) is 17.6. The van der Waals surface area contributed by atoms with E-state index in [0.29, 0.717) is 29.0 Å². The highest BCUT2D eigenvalue weighted by Crippen LogP contribution is 2.18. The van der Waals surface area contributed by atoms with Crippen LogP contribution in [0.4, 0.5) is 0 Å². The van der Waals surface area contributed by atoms with Gasteiger partial charge in [-0.3, -0.25) is 0 Å². The zero-order valence-electron chi connectivity index (χ0n) is 13.6. The van der Waals surface area contributed by atoms with E-state index < -0.39 is 0 Å². The maximum Gasteiger partial charge on any atom is 0.258 e. The molecule has 6 nitrogen and oxygen atoms in total. The van der Waals surface area contributed by atoms with Gasteiger partial charge in [-0.15, -0.1) is 0 Å². The molecule has 0 aliphatic carbocycles. The second-order valence-corrected chi connectivity index (χ2v) is 5.91. The highest BCUT2D eigenvalue weighted by molar-refractivity contribution is 6.31. The van der Waals surface area contributed by atoms with E-state index in [0.717, 1.165) is 16.7 Å². The number of hydrogen-bond donors (Lipinski definition) is 1. The van der Waals surface area contributed by atoms with E-state index in [1.54, 1.807) is 6.07 Å². The third-order valence-electron chi connectivity index (χ3n) is 3.47. The number of aromatic nitrogens is 2. The minimum Gasteiger partial charge on any atom is -0.386 e. The summed E-state index contributed by atoms with van der Waals surface area (Å²) in [5.41, 5.74) is 8.75. The van der Waals surface area contributed by atoms with Crippen LogP contribution < -0.4 is 5.73 Å². The van der Waals surface area contributed by atoms with Gasteiger partial charge in [-0.05, 0) is 30.7 Å². The summed E-state index contributed by atoms with van der Waals surface area (Å²) in [6.07, 6.45) is 0.403. The fourth-order valence-corrected chi connectivity index (χ4v) is 2.37. The Morgan fingerprint density at radius 3 is 2.72 bits per heavy atom. The summed E-state index contributed by atoms with van der Waals surface area (Å²) in [4.78, 5) is 9.47. The van der Waals surface area contributed by atoms with Crippen LogP contribution in [0.2, 0.25) is 5.02 Å². The lowest BCUT2D eigenvalue weighted by Crippen LogP contribution is -2.15. The van der Waals surface area contributed by atoms with E-state index in [9.17, 15) is 0 Å². The first kappa shape index (κ1) is 17.0. The van der Waals surface area contributed by atoms with Gasteiger partial charge in [0.05, 0.1) is 0 Å². The lowest BCUT2D eigenvalue weighted by Gasteiger charge is -2.03. The topological polar surface area (TPSA) is 86.5 Å². The van der Waals surface area contributed by atoms with E-state index in [1.807, 2.05) is 49.4 Å². The molecule has 0 saturated heterocycles. The Balaban J connectivity index is 1.57. The van der Waals surface area contributed by atoms with Gasteiger partial charge in [0.15, 0.2) is 6.61 Å². The molecule has 2 N–H and O–H groups in total. The van der Waals surface area contributed by atoms with Crippen LogP contribution in [0.3, 0.4) is 0 Å². The molecule has 0 fully saturated rings. The molecule has 25 heavy (non-hydrogen) atoms.